The van der Waals surface area contributed by atoms with E-state index in [1.807, 2.05) is 11.3 Å². The second-order valence-corrected chi connectivity index (χ2v) is 9.16. The summed E-state index contributed by atoms with van der Waals surface area (Å²) in [5, 5.41) is 7.48. The normalized spacial score (nSPS) is 45.1. The molecule has 1 aromatic heterocycles. The Kier molecular flexibility index (Phi) is 2.98. The maximum Gasteiger partial charge on any atom is 0.110 e. The number of thiazole rings is 1. The van der Waals surface area contributed by atoms with E-state index in [-0.39, 0.29) is 0 Å². The molecule has 1 aliphatic heterocycles. The van der Waals surface area contributed by atoms with E-state index in [2.05, 4.69) is 10.7 Å². The van der Waals surface area contributed by atoms with Gasteiger partial charge in [-0.3, -0.25) is 0 Å². The first kappa shape index (κ1) is 13.1. The minimum absolute atomic E-state index is 0.484. The van der Waals surface area contributed by atoms with Crippen LogP contribution in [0.15, 0.2) is 5.38 Å². The van der Waals surface area contributed by atoms with Gasteiger partial charge < -0.3 is 5.32 Å². The van der Waals surface area contributed by atoms with Gasteiger partial charge in [-0.05, 0) is 75.7 Å². The SMILES string of the molecule is c1sc(C2CCCCN2)nc1C12CC3CC(CC(C3)C1)C2. The van der Waals surface area contributed by atoms with Crippen molar-refractivity contribution in [3.8, 4) is 0 Å². The Bertz CT molecular complexity index is 494. The zero-order chi connectivity index (χ0) is 13.9. The van der Waals surface area contributed by atoms with Gasteiger partial charge in [-0.2, -0.15) is 0 Å². The van der Waals surface area contributed by atoms with Gasteiger partial charge in [-0.15, -0.1) is 11.3 Å². The predicted octanol–water partition coefficient (Wildman–Crippen LogP) is 4.43. The van der Waals surface area contributed by atoms with Crippen molar-refractivity contribution in [2.75, 3.05) is 6.54 Å². The number of rotatable bonds is 2. The molecule has 1 saturated heterocycles. The van der Waals surface area contributed by atoms with E-state index in [1.54, 1.807) is 0 Å². The molecule has 0 amide bonds. The Morgan fingerprint density at radius 3 is 2.38 bits per heavy atom. The average Bonchev–Trinajstić information content (AvgIpc) is 2.97. The number of nitrogens with zero attached hydrogens (tertiary/aromatic N) is 1. The van der Waals surface area contributed by atoms with Crippen molar-refractivity contribution in [3.05, 3.63) is 16.1 Å². The molecule has 4 aliphatic carbocycles. The minimum atomic E-state index is 0.484. The molecule has 1 unspecified atom stereocenters. The summed E-state index contributed by atoms with van der Waals surface area (Å²) in [5.41, 5.74) is 1.96. The van der Waals surface area contributed by atoms with Crippen molar-refractivity contribution in [1.29, 1.82) is 0 Å². The Morgan fingerprint density at radius 1 is 1.05 bits per heavy atom. The summed E-state index contributed by atoms with van der Waals surface area (Å²) in [4.78, 5) is 5.18. The van der Waals surface area contributed by atoms with E-state index in [9.17, 15) is 0 Å². The van der Waals surface area contributed by atoms with Gasteiger partial charge >= 0.3 is 0 Å². The highest BCUT2D eigenvalue weighted by Crippen LogP contribution is 2.60. The molecule has 6 rings (SSSR count). The Hall–Kier alpha value is -0.410. The molecule has 0 aromatic carbocycles. The van der Waals surface area contributed by atoms with E-state index in [0.29, 0.717) is 11.5 Å². The predicted molar refractivity (Wildman–Crippen MR) is 86.6 cm³/mol. The molecule has 114 valence electrons. The molecule has 1 atom stereocenters. The fourth-order valence-electron chi connectivity index (χ4n) is 6.18. The lowest BCUT2D eigenvalue weighted by molar-refractivity contribution is -0.00701. The molecular weight excluding hydrogens is 276 g/mol. The monoisotopic (exact) mass is 302 g/mol. The van der Waals surface area contributed by atoms with Crippen LogP contribution in [0.2, 0.25) is 0 Å². The van der Waals surface area contributed by atoms with Gasteiger partial charge in [0.15, 0.2) is 0 Å². The van der Waals surface area contributed by atoms with Crippen LogP contribution in [0.3, 0.4) is 0 Å². The van der Waals surface area contributed by atoms with E-state index in [0.717, 1.165) is 17.8 Å². The summed E-state index contributed by atoms with van der Waals surface area (Å²) in [5.74, 6) is 3.07. The fourth-order valence-corrected chi connectivity index (χ4v) is 7.23. The van der Waals surface area contributed by atoms with Gasteiger partial charge in [0.2, 0.25) is 0 Å². The third-order valence-corrected chi connectivity index (χ3v) is 7.67. The molecule has 3 heteroatoms. The molecule has 4 bridgehead atoms. The lowest BCUT2D eigenvalue weighted by Crippen LogP contribution is -2.48. The smallest absolute Gasteiger partial charge is 0.110 e. The summed E-state index contributed by atoms with van der Waals surface area (Å²) in [6.07, 6.45) is 12.9. The van der Waals surface area contributed by atoms with E-state index in [4.69, 9.17) is 4.98 Å². The van der Waals surface area contributed by atoms with E-state index < -0.39 is 0 Å². The van der Waals surface area contributed by atoms with Gasteiger partial charge in [0.05, 0.1) is 11.7 Å². The first-order valence-electron chi connectivity index (χ1n) is 9.00. The molecule has 2 heterocycles. The van der Waals surface area contributed by atoms with E-state index in [1.165, 1.54) is 75.0 Å². The number of piperidine rings is 1. The zero-order valence-electron chi connectivity index (χ0n) is 12.8. The number of nitrogens with one attached hydrogen (secondary N) is 1. The Balaban J connectivity index is 1.44. The van der Waals surface area contributed by atoms with Crippen molar-refractivity contribution in [2.45, 2.75) is 69.2 Å². The number of aromatic nitrogens is 1. The molecule has 1 aromatic rings. The maximum atomic E-state index is 5.18. The Morgan fingerprint density at radius 2 is 1.76 bits per heavy atom. The largest absolute Gasteiger partial charge is 0.308 e. The first-order valence-corrected chi connectivity index (χ1v) is 9.88. The van der Waals surface area contributed by atoms with Gasteiger partial charge in [0, 0.05) is 10.8 Å². The summed E-state index contributed by atoms with van der Waals surface area (Å²) < 4.78 is 0. The summed E-state index contributed by atoms with van der Waals surface area (Å²) in [6.45, 7) is 1.18. The lowest BCUT2D eigenvalue weighted by atomic mass is 9.49. The van der Waals surface area contributed by atoms with Crippen molar-refractivity contribution in [3.63, 3.8) is 0 Å². The van der Waals surface area contributed by atoms with Crippen LogP contribution < -0.4 is 5.32 Å². The lowest BCUT2D eigenvalue weighted by Gasteiger charge is -2.56. The highest BCUT2D eigenvalue weighted by atomic mass is 32.1. The second kappa shape index (κ2) is 4.79. The van der Waals surface area contributed by atoms with Crippen molar-refractivity contribution in [2.24, 2.45) is 17.8 Å². The Labute approximate surface area is 131 Å². The van der Waals surface area contributed by atoms with Gasteiger partial charge in [-0.1, -0.05) is 6.42 Å². The highest BCUT2D eigenvalue weighted by Gasteiger charge is 2.52. The van der Waals surface area contributed by atoms with Gasteiger partial charge in [0.1, 0.15) is 5.01 Å². The average molecular weight is 302 g/mol. The molecule has 4 saturated carbocycles. The van der Waals surface area contributed by atoms with Crippen LogP contribution >= 0.6 is 11.3 Å². The number of hydrogen-bond acceptors (Lipinski definition) is 3. The van der Waals surface area contributed by atoms with Crippen LogP contribution in [0, 0.1) is 17.8 Å². The van der Waals surface area contributed by atoms with Crippen molar-refractivity contribution in [1.82, 2.24) is 10.3 Å². The van der Waals surface area contributed by atoms with Crippen LogP contribution in [0.4, 0.5) is 0 Å². The highest BCUT2D eigenvalue weighted by molar-refractivity contribution is 7.09. The van der Waals surface area contributed by atoms with Gasteiger partial charge in [-0.25, -0.2) is 4.98 Å². The van der Waals surface area contributed by atoms with Crippen LogP contribution in [0.25, 0.3) is 0 Å². The number of hydrogen-bond donors (Lipinski definition) is 1. The topological polar surface area (TPSA) is 24.9 Å². The van der Waals surface area contributed by atoms with Crippen molar-refractivity contribution < 1.29 is 0 Å². The van der Waals surface area contributed by atoms with Crippen LogP contribution in [0.5, 0.6) is 0 Å². The molecule has 1 N–H and O–H groups in total. The molecule has 5 fully saturated rings. The molecule has 2 nitrogen and oxygen atoms in total. The minimum Gasteiger partial charge on any atom is -0.308 e. The van der Waals surface area contributed by atoms with Crippen LogP contribution in [-0.2, 0) is 5.41 Å². The van der Waals surface area contributed by atoms with Crippen molar-refractivity contribution >= 4 is 11.3 Å². The summed E-state index contributed by atoms with van der Waals surface area (Å²) in [6, 6.07) is 0.548. The molecular formula is C18H26N2S. The third-order valence-electron chi connectivity index (χ3n) is 6.71. The molecule has 0 spiro atoms. The van der Waals surface area contributed by atoms with E-state index >= 15 is 0 Å². The molecule has 5 aliphatic rings. The first-order chi connectivity index (χ1) is 10.3. The summed E-state index contributed by atoms with van der Waals surface area (Å²) in [7, 11) is 0. The van der Waals surface area contributed by atoms with Gasteiger partial charge in [0.25, 0.3) is 0 Å². The molecule has 0 radical (unpaired) electrons. The fraction of sp³-hybridized carbons (Fsp3) is 0.833. The van der Waals surface area contributed by atoms with Crippen LogP contribution in [-0.4, -0.2) is 11.5 Å². The second-order valence-electron chi connectivity index (χ2n) is 8.27. The third kappa shape index (κ3) is 2.11. The van der Waals surface area contributed by atoms with Crippen LogP contribution in [0.1, 0.15) is 74.5 Å². The molecule has 21 heavy (non-hydrogen) atoms. The maximum absolute atomic E-state index is 5.18. The standard InChI is InChI=1S/C18H26N2S/c1-2-4-19-15(3-1)17-20-16(11-21-17)18-8-12-5-13(9-18)7-14(6-12)10-18/h11-15,19H,1-10H2. The summed E-state index contributed by atoms with van der Waals surface area (Å²) >= 11 is 1.93. The zero-order valence-corrected chi connectivity index (χ0v) is 13.6. The quantitative estimate of drug-likeness (QED) is 0.874.